The lowest BCUT2D eigenvalue weighted by molar-refractivity contribution is -0.146. The van der Waals surface area contributed by atoms with Crippen molar-refractivity contribution in [3.05, 3.63) is 91.0 Å². The number of ether oxygens (including phenoxy) is 1. The van der Waals surface area contributed by atoms with Gasteiger partial charge in [-0.25, -0.2) is 0 Å². The van der Waals surface area contributed by atoms with E-state index in [1.807, 2.05) is 25.1 Å². The van der Waals surface area contributed by atoms with Crippen LogP contribution in [-0.2, 0) is 14.0 Å². The minimum Gasteiger partial charge on any atom is -0.402 e. The lowest BCUT2D eigenvalue weighted by atomic mass is 10.2. The van der Waals surface area contributed by atoms with E-state index in [1.165, 1.54) is 15.6 Å². The predicted octanol–water partition coefficient (Wildman–Crippen LogP) is 1.92. The van der Waals surface area contributed by atoms with Crippen molar-refractivity contribution in [2.75, 3.05) is 6.61 Å². The highest BCUT2D eigenvalue weighted by molar-refractivity contribution is 7.07. The number of carbonyl (C=O) groups excluding carboxylic acids is 1. The zero-order valence-electron chi connectivity index (χ0n) is 16.5. The minimum atomic E-state index is -2.71. The molecule has 1 amide bonds. The Morgan fingerprint density at radius 1 is 0.862 bits per heavy atom. The van der Waals surface area contributed by atoms with Crippen LogP contribution in [0.4, 0.5) is 0 Å². The molecule has 1 heterocycles. The quantitative estimate of drug-likeness (QED) is 0.355. The van der Waals surface area contributed by atoms with E-state index >= 15 is 0 Å². The molecular formula is C24H25NO3Si. The smallest absolute Gasteiger partial charge is 0.288 e. The molecule has 1 saturated heterocycles. The molecule has 148 valence electrons. The third-order valence-electron chi connectivity index (χ3n) is 5.16. The van der Waals surface area contributed by atoms with E-state index in [1.54, 1.807) is 0 Å². The summed E-state index contributed by atoms with van der Waals surface area (Å²) in [5, 5.41) is 6.35. The van der Waals surface area contributed by atoms with E-state index < -0.39 is 8.32 Å². The molecular weight excluding hydrogens is 378 g/mol. The van der Waals surface area contributed by atoms with E-state index in [0.29, 0.717) is 13.0 Å². The van der Waals surface area contributed by atoms with E-state index in [9.17, 15) is 4.79 Å². The molecule has 29 heavy (non-hydrogen) atoms. The fourth-order valence-electron chi connectivity index (χ4n) is 3.74. The van der Waals surface area contributed by atoms with Gasteiger partial charge in [0.05, 0.1) is 19.1 Å². The number of hydrogen-bond donors (Lipinski definition) is 1. The Hall–Kier alpha value is -2.73. The average Bonchev–Trinajstić information content (AvgIpc) is 2.75. The second-order valence-electron chi connectivity index (χ2n) is 7.30. The number of β-lactam (4-membered cyclic amide) rings is 1. The number of hydrogen-bond acceptors (Lipinski definition) is 3. The Balaban J connectivity index is 1.70. The standard InChI is InChI=1S/C24H25NO3Si/c1-19(28-24-17-23(26)25-24)18-27-29(20-11-5-2-6-12-20,21-13-7-3-8-14-21)22-15-9-4-10-16-22/h2-16,19,24H,17-18H2,1H3,(H,25,26)/t19-,24-/m0/s1. The summed E-state index contributed by atoms with van der Waals surface area (Å²) >= 11 is 0. The van der Waals surface area contributed by atoms with Gasteiger partial charge in [-0.15, -0.1) is 0 Å². The van der Waals surface area contributed by atoms with Gasteiger partial charge in [0.15, 0.2) is 0 Å². The molecule has 5 heteroatoms. The van der Waals surface area contributed by atoms with Crippen LogP contribution in [0.1, 0.15) is 13.3 Å². The first kappa shape index (κ1) is 19.6. The molecule has 0 saturated carbocycles. The molecule has 0 aromatic heterocycles. The maximum Gasteiger partial charge on any atom is 0.288 e. The third-order valence-corrected chi connectivity index (χ3v) is 9.20. The topological polar surface area (TPSA) is 47.6 Å². The Bertz CT molecular complexity index is 829. The summed E-state index contributed by atoms with van der Waals surface area (Å²) in [4.78, 5) is 11.1. The Labute approximate surface area is 172 Å². The van der Waals surface area contributed by atoms with Crippen LogP contribution in [0.25, 0.3) is 0 Å². The summed E-state index contributed by atoms with van der Waals surface area (Å²) in [7, 11) is -2.71. The van der Waals surface area contributed by atoms with Gasteiger partial charge in [0.25, 0.3) is 8.32 Å². The summed E-state index contributed by atoms with van der Waals surface area (Å²) in [6.45, 7) is 2.43. The SMILES string of the molecule is C[C@@H](CO[Si](c1ccccc1)(c1ccccc1)c1ccccc1)O[C@H]1CC(=O)N1. The van der Waals surface area contributed by atoms with Crippen LogP contribution in [0.2, 0.25) is 0 Å². The molecule has 1 N–H and O–H groups in total. The predicted molar refractivity (Wildman–Crippen MR) is 117 cm³/mol. The van der Waals surface area contributed by atoms with Crippen LogP contribution in [0.3, 0.4) is 0 Å². The van der Waals surface area contributed by atoms with E-state index in [-0.39, 0.29) is 18.2 Å². The van der Waals surface area contributed by atoms with Gasteiger partial charge in [-0.2, -0.15) is 0 Å². The summed E-state index contributed by atoms with van der Waals surface area (Å²) in [5.74, 6) is 0.0321. The van der Waals surface area contributed by atoms with Crippen molar-refractivity contribution in [1.29, 1.82) is 0 Å². The molecule has 1 aliphatic heterocycles. The third kappa shape index (κ3) is 4.17. The Morgan fingerprint density at radius 2 is 1.28 bits per heavy atom. The van der Waals surface area contributed by atoms with Gasteiger partial charge in [-0.3, -0.25) is 4.79 Å². The van der Waals surface area contributed by atoms with Crippen molar-refractivity contribution in [1.82, 2.24) is 5.32 Å². The summed E-state index contributed by atoms with van der Waals surface area (Å²) in [6, 6.07) is 31.4. The van der Waals surface area contributed by atoms with Gasteiger partial charge < -0.3 is 14.5 Å². The van der Waals surface area contributed by atoms with E-state index in [2.05, 4.69) is 78.1 Å². The van der Waals surface area contributed by atoms with Crippen LogP contribution in [0.5, 0.6) is 0 Å². The van der Waals surface area contributed by atoms with Crippen LogP contribution in [0.15, 0.2) is 91.0 Å². The van der Waals surface area contributed by atoms with Crippen LogP contribution in [0, 0.1) is 0 Å². The number of rotatable bonds is 8. The summed E-state index contributed by atoms with van der Waals surface area (Å²) < 4.78 is 12.8. The zero-order chi connectivity index (χ0) is 20.1. The molecule has 0 unspecified atom stereocenters. The van der Waals surface area contributed by atoms with Gasteiger partial charge in [0.1, 0.15) is 6.23 Å². The normalized spacial score (nSPS) is 17.3. The number of carbonyl (C=O) groups is 1. The molecule has 4 rings (SSSR count). The molecule has 0 bridgehead atoms. The fourth-order valence-corrected chi connectivity index (χ4v) is 7.71. The van der Waals surface area contributed by atoms with Gasteiger partial charge in [0, 0.05) is 0 Å². The van der Waals surface area contributed by atoms with Gasteiger partial charge >= 0.3 is 0 Å². The first-order valence-electron chi connectivity index (χ1n) is 9.94. The molecule has 3 aromatic carbocycles. The van der Waals surface area contributed by atoms with E-state index in [0.717, 1.165) is 0 Å². The molecule has 0 spiro atoms. The van der Waals surface area contributed by atoms with E-state index in [4.69, 9.17) is 9.16 Å². The monoisotopic (exact) mass is 403 g/mol. The molecule has 0 radical (unpaired) electrons. The first-order valence-corrected chi connectivity index (χ1v) is 11.8. The van der Waals surface area contributed by atoms with Crippen molar-refractivity contribution in [3.8, 4) is 0 Å². The largest absolute Gasteiger partial charge is 0.402 e. The van der Waals surface area contributed by atoms with Gasteiger partial charge in [0.2, 0.25) is 5.91 Å². The van der Waals surface area contributed by atoms with Gasteiger partial charge in [-0.05, 0) is 22.5 Å². The van der Waals surface area contributed by atoms with Crippen LogP contribution >= 0.6 is 0 Å². The lowest BCUT2D eigenvalue weighted by Gasteiger charge is -2.35. The number of benzene rings is 3. The summed E-state index contributed by atoms with van der Waals surface area (Å²) in [5.41, 5.74) is 0. The van der Waals surface area contributed by atoms with Crippen LogP contribution in [-0.4, -0.2) is 33.2 Å². The van der Waals surface area contributed by atoms with Gasteiger partial charge in [-0.1, -0.05) is 91.0 Å². The first-order chi connectivity index (χ1) is 14.2. The maximum atomic E-state index is 11.1. The maximum absolute atomic E-state index is 11.1. The highest BCUT2D eigenvalue weighted by atomic mass is 28.4. The van der Waals surface area contributed by atoms with Crippen molar-refractivity contribution in [3.63, 3.8) is 0 Å². The molecule has 1 fully saturated rings. The summed E-state index contributed by atoms with van der Waals surface area (Å²) in [6.07, 6.45) is 0.0779. The lowest BCUT2D eigenvalue weighted by Crippen LogP contribution is -2.69. The number of amides is 1. The Kier molecular flexibility index (Phi) is 5.90. The fraction of sp³-hybridized carbons (Fsp3) is 0.208. The zero-order valence-corrected chi connectivity index (χ0v) is 17.5. The highest BCUT2D eigenvalue weighted by Crippen LogP contribution is 2.13. The molecule has 4 nitrogen and oxygen atoms in total. The minimum absolute atomic E-state index is 0.0321. The van der Waals surface area contributed by atoms with Crippen molar-refractivity contribution < 1.29 is 14.0 Å². The Morgan fingerprint density at radius 3 is 1.66 bits per heavy atom. The molecule has 2 atom stereocenters. The second-order valence-corrected chi connectivity index (χ2v) is 10.7. The highest BCUT2D eigenvalue weighted by Gasteiger charge is 2.42. The van der Waals surface area contributed by atoms with Crippen molar-refractivity contribution in [2.45, 2.75) is 25.7 Å². The molecule has 3 aromatic rings. The molecule has 1 aliphatic rings. The second kappa shape index (κ2) is 8.74. The van der Waals surface area contributed by atoms with Crippen molar-refractivity contribution in [2.24, 2.45) is 0 Å². The molecule has 0 aliphatic carbocycles. The number of nitrogens with one attached hydrogen (secondary N) is 1. The van der Waals surface area contributed by atoms with Crippen molar-refractivity contribution >= 4 is 29.8 Å². The average molecular weight is 404 g/mol. The van der Waals surface area contributed by atoms with Crippen LogP contribution < -0.4 is 20.9 Å².